The summed E-state index contributed by atoms with van der Waals surface area (Å²) in [6.07, 6.45) is 0.706. The summed E-state index contributed by atoms with van der Waals surface area (Å²) >= 11 is 1.30. The molecule has 37 heavy (non-hydrogen) atoms. The van der Waals surface area contributed by atoms with E-state index in [2.05, 4.69) is 10.6 Å². The first-order valence-electron chi connectivity index (χ1n) is 12.2. The van der Waals surface area contributed by atoms with Crippen molar-refractivity contribution in [1.29, 1.82) is 0 Å². The molecule has 0 saturated carbocycles. The lowest BCUT2D eigenvalue weighted by Gasteiger charge is -2.35. The molecule has 0 spiro atoms. The lowest BCUT2D eigenvalue weighted by atomic mass is 9.97. The topological polar surface area (TPSA) is 87.7 Å². The highest BCUT2D eigenvalue weighted by molar-refractivity contribution is 7.12. The number of methoxy groups -OCH3 is 1. The maximum atomic E-state index is 13.9. The van der Waals surface area contributed by atoms with Crippen LogP contribution in [0.5, 0.6) is 5.75 Å². The van der Waals surface area contributed by atoms with Crippen molar-refractivity contribution in [3.63, 3.8) is 0 Å². The predicted octanol–water partition coefficient (Wildman–Crippen LogP) is 5.18. The van der Waals surface area contributed by atoms with E-state index in [1.165, 1.54) is 16.2 Å². The molecule has 2 aromatic carbocycles. The van der Waals surface area contributed by atoms with Crippen molar-refractivity contribution < 1.29 is 19.1 Å². The van der Waals surface area contributed by atoms with Crippen LogP contribution in [0.4, 0.5) is 5.69 Å². The van der Waals surface area contributed by atoms with Gasteiger partial charge in [-0.1, -0.05) is 31.2 Å². The predicted molar refractivity (Wildman–Crippen MR) is 148 cm³/mol. The smallest absolute Gasteiger partial charge is 0.261 e. The number of nitrogens with zero attached hydrogens (tertiary/aromatic N) is 1. The van der Waals surface area contributed by atoms with Crippen LogP contribution in [0.1, 0.15) is 59.6 Å². The molecule has 196 valence electrons. The van der Waals surface area contributed by atoms with Gasteiger partial charge >= 0.3 is 0 Å². The van der Waals surface area contributed by atoms with E-state index in [-0.39, 0.29) is 18.4 Å². The molecule has 3 amide bonds. The summed E-state index contributed by atoms with van der Waals surface area (Å²) in [5, 5.41) is 7.62. The van der Waals surface area contributed by atoms with Crippen molar-refractivity contribution in [3.05, 3.63) is 81.5 Å². The Morgan fingerprint density at radius 1 is 1.03 bits per heavy atom. The summed E-state index contributed by atoms with van der Waals surface area (Å²) in [5.41, 5.74) is 2.73. The fraction of sp³-hybridized carbons (Fsp3) is 0.345. The quantitative estimate of drug-likeness (QED) is 0.385. The number of nitrogens with one attached hydrogen (secondary N) is 2. The Bertz CT molecular complexity index is 1250. The fourth-order valence-corrected chi connectivity index (χ4v) is 4.41. The number of carbonyl (C=O) groups is 3. The van der Waals surface area contributed by atoms with Crippen LogP contribution in [-0.4, -0.2) is 36.9 Å². The van der Waals surface area contributed by atoms with Gasteiger partial charge in [-0.2, -0.15) is 0 Å². The molecule has 3 rings (SSSR count). The van der Waals surface area contributed by atoms with Gasteiger partial charge in [-0.3, -0.25) is 19.3 Å². The molecule has 7 nitrogen and oxygen atoms in total. The Morgan fingerprint density at radius 3 is 2.41 bits per heavy atom. The van der Waals surface area contributed by atoms with Crippen molar-refractivity contribution >= 4 is 34.7 Å². The minimum atomic E-state index is -0.992. The molecule has 0 saturated heterocycles. The van der Waals surface area contributed by atoms with Crippen LogP contribution in [0.25, 0.3) is 0 Å². The maximum Gasteiger partial charge on any atom is 0.261 e. The van der Waals surface area contributed by atoms with Crippen LogP contribution in [0.2, 0.25) is 0 Å². The highest BCUT2D eigenvalue weighted by Crippen LogP contribution is 2.32. The number of hydrogen-bond acceptors (Lipinski definition) is 5. The molecular formula is C29H35N3O4S. The van der Waals surface area contributed by atoms with Crippen molar-refractivity contribution in [2.24, 2.45) is 0 Å². The van der Waals surface area contributed by atoms with E-state index < -0.39 is 17.5 Å². The number of aryl methyl sites for hydroxylation is 2. The van der Waals surface area contributed by atoms with Gasteiger partial charge in [0.2, 0.25) is 11.8 Å². The molecule has 1 heterocycles. The average Bonchev–Trinajstić information content (AvgIpc) is 3.42. The molecule has 0 aliphatic heterocycles. The van der Waals surface area contributed by atoms with E-state index in [0.717, 1.165) is 11.1 Å². The van der Waals surface area contributed by atoms with Crippen LogP contribution in [-0.2, 0) is 9.59 Å². The van der Waals surface area contributed by atoms with E-state index in [4.69, 9.17) is 4.74 Å². The van der Waals surface area contributed by atoms with E-state index in [1.54, 1.807) is 48.9 Å². The normalized spacial score (nSPS) is 11.9. The van der Waals surface area contributed by atoms with E-state index in [1.807, 2.05) is 52.8 Å². The Labute approximate surface area is 222 Å². The zero-order valence-corrected chi connectivity index (χ0v) is 23.1. The number of amides is 3. The van der Waals surface area contributed by atoms with E-state index in [0.29, 0.717) is 28.3 Å². The second-order valence-corrected chi connectivity index (χ2v) is 10.5. The third-order valence-electron chi connectivity index (χ3n) is 6.44. The first kappa shape index (κ1) is 27.9. The van der Waals surface area contributed by atoms with Gasteiger partial charge in [-0.15, -0.1) is 11.3 Å². The Hall–Kier alpha value is -3.65. The van der Waals surface area contributed by atoms with Crippen LogP contribution in [0.3, 0.4) is 0 Å². The molecule has 0 radical (unpaired) electrons. The Balaban J connectivity index is 2.08. The van der Waals surface area contributed by atoms with E-state index in [9.17, 15) is 14.4 Å². The standard InChI is InChI=1S/C29H35N3O4S/c1-7-29(4,5)31-28(35)26(21-10-8-11-23(17-21)36-6)32(22-14-13-19(2)20(3)16-22)25(33)18-30-27(34)24-12-9-15-37-24/h8-17,26H,7,18H2,1-6H3,(H,30,34)(H,31,35)/t26-/m1/s1. The molecule has 2 N–H and O–H groups in total. The molecule has 0 aliphatic rings. The summed E-state index contributed by atoms with van der Waals surface area (Å²) < 4.78 is 5.42. The number of ether oxygens (including phenoxy) is 1. The third-order valence-corrected chi connectivity index (χ3v) is 7.31. The van der Waals surface area contributed by atoms with E-state index >= 15 is 0 Å². The molecule has 8 heteroatoms. The van der Waals surface area contributed by atoms with Gasteiger partial charge in [-0.05, 0) is 86.5 Å². The molecule has 1 aromatic heterocycles. The van der Waals surface area contributed by atoms with Crippen LogP contribution >= 0.6 is 11.3 Å². The van der Waals surface area contributed by atoms with Gasteiger partial charge in [0.15, 0.2) is 0 Å². The minimum absolute atomic E-state index is 0.269. The molecule has 0 aliphatic carbocycles. The number of carbonyl (C=O) groups excluding carboxylic acids is 3. The largest absolute Gasteiger partial charge is 0.497 e. The third kappa shape index (κ3) is 6.98. The molecule has 3 aromatic rings. The molecule has 0 fully saturated rings. The SMILES string of the molecule is CCC(C)(C)NC(=O)[C@@H](c1cccc(OC)c1)N(C(=O)CNC(=O)c1cccs1)c1ccc(C)c(C)c1. The Kier molecular flexibility index (Phi) is 9.10. The van der Waals surface area contributed by atoms with Gasteiger partial charge in [0.05, 0.1) is 18.5 Å². The maximum absolute atomic E-state index is 13.9. The second kappa shape index (κ2) is 12.1. The number of hydrogen-bond donors (Lipinski definition) is 2. The number of benzene rings is 2. The summed E-state index contributed by atoms with van der Waals surface area (Å²) in [7, 11) is 1.56. The molecule has 1 atom stereocenters. The summed E-state index contributed by atoms with van der Waals surface area (Å²) in [4.78, 5) is 42.3. The van der Waals surface area contributed by atoms with Gasteiger partial charge in [0.25, 0.3) is 5.91 Å². The lowest BCUT2D eigenvalue weighted by molar-refractivity contribution is -0.127. The monoisotopic (exact) mass is 521 g/mol. The average molecular weight is 522 g/mol. The van der Waals surface area contributed by atoms with Gasteiger partial charge < -0.3 is 15.4 Å². The zero-order valence-electron chi connectivity index (χ0n) is 22.3. The first-order valence-corrected chi connectivity index (χ1v) is 13.1. The number of anilines is 1. The highest BCUT2D eigenvalue weighted by Gasteiger charge is 2.35. The van der Waals surface area contributed by atoms with Crippen LogP contribution < -0.4 is 20.3 Å². The second-order valence-electron chi connectivity index (χ2n) is 9.60. The highest BCUT2D eigenvalue weighted by atomic mass is 32.1. The van der Waals surface area contributed by atoms with Crippen molar-refractivity contribution in [2.45, 2.75) is 52.6 Å². The summed E-state index contributed by atoms with van der Waals surface area (Å²) in [6.45, 7) is 9.55. The van der Waals surface area contributed by atoms with Crippen molar-refractivity contribution in [1.82, 2.24) is 10.6 Å². The van der Waals surface area contributed by atoms with Gasteiger partial charge in [0, 0.05) is 11.2 Å². The number of thiophene rings is 1. The summed E-state index contributed by atoms with van der Waals surface area (Å²) in [6, 6.07) is 15.3. The summed E-state index contributed by atoms with van der Waals surface area (Å²) in [5.74, 6) is -0.497. The van der Waals surface area contributed by atoms with Crippen LogP contribution in [0.15, 0.2) is 60.0 Å². The molecular weight excluding hydrogens is 486 g/mol. The fourth-order valence-electron chi connectivity index (χ4n) is 3.77. The zero-order chi connectivity index (χ0) is 27.2. The molecule has 0 bridgehead atoms. The van der Waals surface area contributed by atoms with Gasteiger partial charge in [0.1, 0.15) is 11.8 Å². The minimum Gasteiger partial charge on any atom is -0.497 e. The lowest BCUT2D eigenvalue weighted by Crippen LogP contribution is -2.52. The van der Waals surface area contributed by atoms with Crippen LogP contribution in [0, 0.1) is 13.8 Å². The van der Waals surface area contributed by atoms with Gasteiger partial charge in [-0.25, -0.2) is 0 Å². The van der Waals surface area contributed by atoms with Crippen molar-refractivity contribution in [3.8, 4) is 5.75 Å². The number of rotatable bonds is 10. The first-order chi connectivity index (χ1) is 17.6. The molecule has 0 unspecified atom stereocenters. The van der Waals surface area contributed by atoms with Crippen molar-refractivity contribution in [2.75, 3.05) is 18.6 Å². The Morgan fingerprint density at radius 2 is 1.78 bits per heavy atom.